The van der Waals surface area contributed by atoms with E-state index in [1.165, 1.54) is 4.31 Å². The number of nitrogens with zero attached hydrogens (tertiary/aromatic N) is 1. The quantitative estimate of drug-likeness (QED) is 0.658. The Labute approximate surface area is 74.7 Å². The van der Waals surface area contributed by atoms with Crippen LogP contribution in [0.15, 0.2) is 0 Å². The van der Waals surface area contributed by atoms with Crippen LogP contribution in [0.25, 0.3) is 0 Å². The molecular weight excluding hydrogens is 234 g/mol. The molecule has 1 fully saturated rings. The number of halogens is 1. The SMILES string of the molecule is O=S(=O)(CBr)N1CCCOC1. The number of sulfonamides is 1. The molecule has 6 heteroatoms. The molecule has 1 aliphatic rings. The van der Waals surface area contributed by atoms with E-state index in [2.05, 4.69) is 15.9 Å². The second-order valence-electron chi connectivity index (χ2n) is 2.29. The Morgan fingerprint density at radius 1 is 1.55 bits per heavy atom. The molecule has 0 N–H and O–H groups in total. The van der Waals surface area contributed by atoms with Crippen LogP contribution >= 0.6 is 15.9 Å². The first-order chi connectivity index (χ1) is 5.17. The van der Waals surface area contributed by atoms with Crippen LogP contribution in [-0.2, 0) is 14.8 Å². The molecule has 0 radical (unpaired) electrons. The topological polar surface area (TPSA) is 46.6 Å². The van der Waals surface area contributed by atoms with Crippen molar-refractivity contribution in [1.29, 1.82) is 0 Å². The minimum atomic E-state index is -3.10. The molecule has 0 amide bonds. The number of hydrogen-bond acceptors (Lipinski definition) is 3. The van der Waals surface area contributed by atoms with Crippen LogP contribution in [0.3, 0.4) is 0 Å². The summed E-state index contributed by atoms with van der Waals surface area (Å²) in [5, 5.41) is 0. The minimum Gasteiger partial charge on any atom is -0.365 e. The van der Waals surface area contributed by atoms with E-state index in [9.17, 15) is 8.42 Å². The van der Waals surface area contributed by atoms with Gasteiger partial charge >= 0.3 is 0 Å². The van der Waals surface area contributed by atoms with Crippen molar-refractivity contribution in [3.05, 3.63) is 0 Å². The zero-order chi connectivity index (χ0) is 8.32. The van der Waals surface area contributed by atoms with Gasteiger partial charge in [-0.25, -0.2) is 8.42 Å². The lowest BCUT2D eigenvalue weighted by Gasteiger charge is -2.24. The average Bonchev–Trinajstić information content (AvgIpc) is 2.06. The Hall–Kier alpha value is 0.350. The Kier molecular flexibility index (Phi) is 3.29. The van der Waals surface area contributed by atoms with Gasteiger partial charge in [-0.3, -0.25) is 0 Å². The van der Waals surface area contributed by atoms with Gasteiger partial charge in [0, 0.05) is 13.2 Å². The molecule has 0 bridgehead atoms. The average molecular weight is 244 g/mol. The normalized spacial score (nSPS) is 21.9. The molecule has 0 aliphatic carbocycles. The van der Waals surface area contributed by atoms with Crippen LogP contribution in [0.1, 0.15) is 6.42 Å². The second-order valence-corrected chi connectivity index (χ2v) is 5.56. The van der Waals surface area contributed by atoms with Crippen molar-refractivity contribution < 1.29 is 13.2 Å². The summed E-state index contributed by atoms with van der Waals surface area (Å²) in [6.07, 6.45) is 0.784. The van der Waals surface area contributed by atoms with Gasteiger partial charge in [0.1, 0.15) is 11.4 Å². The van der Waals surface area contributed by atoms with Crippen molar-refractivity contribution in [3.63, 3.8) is 0 Å². The van der Waals surface area contributed by atoms with Crippen molar-refractivity contribution in [1.82, 2.24) is 4.31 Å². The van der Waals surface area contributed by atoms with Crippen LogP contribution < -0.4 is 0 Å². The lowest BCUT2D eigenvalue weighted by Crippen LogP contribution is -2.38. The van der Waals surface area contributed by atoms with Gasteiger partial charge < -0.3 is 4.74 Å². The van der Waals surface area contributed by atoms with Crippen molar-refractivity contribution in [2.24, 2.45) is 0 Å². The highest BCUT2D eigenvalue weighted by Crippen LogP contribution is 2.09. The first-order valence-electron chi connectivity index (χ1n) is 3.28. The molecule has 1 rings (SSSR count). The smallest absolute Gasteiger partial charge is 0.226 e. The summed E-state index contributed by atoms with van der Waals surface area (Å²) in [6.45, 7) is 1.44. The first-order valence-corrected chi connectivity index (χ1v) is 6.01. The molecule has 66 valence electrons. The van der Waals surface area contributed by atoms with Crippen molar-refractivity contribution in [3.8, 4) is 0 Å². The van der Waals surface area contributed by atoms with Gasteiger partial charge in [0.15, 0.2) is 0 Å². The van der Waals surface area contributed by atoms with Crippen molar-refractivity contribution in [2.45, 2.75) is 6.42 Å². The third-order valence-corrected chi connectivity index (χ3v) is 4.55. The van der Waals surface area contributed by atoms with Gasteiger partial charge in [-0.15, -0.1) is 0 Å². The summed E-state index contributed by atoms with van der Waals surface area (Å²) in [5.41, 5.74) is 0. The van der Waals surface area contributed by atoms with Gasteiger partial charge in [0.2, 0.25) is 10.0 Å². The van der Waals surface area contributed by atoms with Gasteiger partial charge in [-0.1, -0.05) is 15.9 Å². The standard InChI is InChI=1S/C5H10BrNO3S/c6-4-11(8,9)7-2-1-3-10-5-7/h1-5H2. The number of rotatable bonds is 2. The molecule has 0 unspecified atom stereocenters. The predicted molar refractivity (Wildman–Crippen MR) is 44.9 cm³/mol. The van der Waals surface area contributed by atoms with E-state index in [0.717, 1.165) is 6.42 Å². The third-order valence-electron chi connectivity index (χ3n) is 1.46. The van der Waals surface area contributed by atoms with E-state index >= 15 is 0 Å². The molecule has 0 aromatic heterocycles. The van der Waals surface area contributed by atoms with Crippen LogP contribution in [0.4, 0.5) is 0 Å². The summed E-state index contributed by atoms with van der Waals surface area (Å²) < 4.78 is 28.6. The molecule has 0 saturated carbocycles. The monoisotopic (exact) mass is 243 g/mol. The van der Waals surface area contributed by atoms with E-state index in [0.29, 0.717) is 13.2 Å². The molecule has 1 heterocycles. The summed E-state index contributed by atoms with van der Waals surface area (Å²) in [5.74, 6) is 0. The van der Waals surface area contributed by atoms with Crippen LogP contribution in [-0.4, -0.2) is 37.3 Å². The number of ether oxygens (including phenoxy) is 1. The highest BCUT2D eigenvalue weighted by atomic mass is 79.9. The molecule has 1 saturated heterocycles. The molecular formula is C5H10BrNO3S. The van der Waals surface area contributed by atoms with Crippen LogP contribution in [0.5, 0.6) is 0 Å². The fraction of sp³-hybridized carbons (Fsp3) is 1.00. The van der Waals surface area contributed by atoms with Crippen molar-refractivity contribution >= 4 is 26.0 Å². The molecule has 11 heavy (non-hydrogen) atoms. The molecule has 0 aromatic carbocycles. The second kappa shape index (κ2) is 3.84. The fourth-order valence-electron chi connectivity index (χ4n) is 0.862. The molecule has 4 nitrogen and oxygen atoms in total. The maximum atomic E-state index is 11.2. The number of hydrogen-bond donors (Lipinski definition) is 0. The maximum Gasteiger partial charge on any atom is 0.226 e. The van der Waals surface area contributed by atoms with Crippen molar-refractivity contribution in [2.75, 3.05) is 24.5 Å². The van der Waals surface area contributed by atoms with E-state index in [4.69, 9.17) is 4.74 Å². The van der Waals surface area contributed by atoms with E-state index in [1.807, 2.05) is 0 Å². The lowest BCUT2D eigenvalue weighted by molar-refractivity contribution is 0.0316. The largest absolute Gasteiger partial charge is 0.365 e. The third kappa shape index (κ3) is 2.40. The summed E-state index contributed by atoms with van der Waals surface area (Å²) in [7, 11) is -3.10. The fourth-order valence-corrected chi connectivity index (χ4v) is 2.51. The summed E-state index contributed by atoms with van der Waals surface area (Å²) in [4.78, 5) is 0. The molecule has 1 aliphatic heterocycles. The Morgan fingerprint density at radius 2 is 2.27 bits per heavy atom. The lowest BCUT2D eigenvalue weighted by atomic mass is 10.4. The maximum absolute atomic E-state index is 11.2. The number of alkyl halides is 1. The molecule has 0 atom stereocenters. The Morgan fingerprint density at radius 3 is 2.73 bits per heavy atom. The van der Waals surface area contributed by atoms with Crippen LogP contribution in [0.2, 0.25) is 0 Å². The van der Waals surface area contributed by atoms with E-state index in [1.54, 1.807) is 0 Å². The van der Waals surface area contributed by atoms with E-state index in [-0.39, 0.29) is 11.4 Å². The highest BCUT2D eigenvalue weighted by Gasteiger charge is 2.22. The van der Waals surface area contributed by atoms with Gasteiger partial charge in [-0.2, -0.15) is 4.31 Å². The predicted octanol–water partition coefficient (Wildman–Crippen LogP) is 0.348. The van der Waals surface area contributed by atoms with Gasteiger partial charge in [-0.05, 0) is 6.42 Å². The molecule has 0 aromatic rings. The van der Waals surface area contributed by atoms with Gasteiger partial charge in [0.05, 0.1) is 0 Å². The zero-order valence-electron chi connectivity index (χ0n) is 5.99. The minimum absolute atomic E-state index is 0.0244. The Balaban J connectivity index is 2.58. The summed E-state index contributed by atoms with van der Waals surface area (Å²) in [6, 6.07) is 0. The summed E-state index contributed by atoms with van der Waals surface area (Å²) >= 11 is 2.92. The zero-order valence-corrected chi connectivity index (χ0v) is 8.40. The highest BCUT2D eigenvalue weighted by molar-refractivity contribution is 9.10. The van der Waals surface area contributed by atoms with Gasteiger partial charge in [0.25, 0.3) is 0 Å². The molecule has 0 spiro atoms. The Bertz CT molecular complexity index is 210. The van der Waals surface area contributed by atoms with Crippen LogP contribution in [0, 0.1) is 0 Å². The first kappa shape index (κ1) is 9.44. The van der Waals surface area contributed by atoms with E-state index < -0.39 is 10.0 Å².